The number of methoxy groups -OCH3 is 1. The van der Waals surface area contributed by atoms with Crippen LogP contribution in [-0.2, 0) is 14.9 Å². The van der Waals surface area contributed by atoms with Gasteiger partial charge in [-0.1, -0.05) is 48.0 Å². The minimum Gasteiger partial charge on any atom is -0.496 e. The van der Waals surface area contributed by atoms with Crippen molar-refractivity contribution >= 4 is 26.8 Å². The molecule has 2 heterocycles. The molecule has 5 rings (SSSR count). The quantitative estimate of drug-likeness (QED) is 0.497. The zero-order valence-corrected chi connectivity index (χ0v) is 21.7. The van der Waals surface area contributed by atoms with Crippen molar-refractivity contribution in [2.45, 2.75) is 49.1 Å². The third-order valence-electron chi connectivity index (χ3n) is 6.99. The Balaban J connectivity index is 0.000000245. The molecule has 2 N–H and O–H groups in total. The van der Waals surface area contributed by atoms with Crippen molar-refractivity contribution in [1.29, 1.82) is 5.26 Å². The van der Waals surface area contributed by atoms with Gasteiger partial charge >= 0.3 is 0 Å². The van der Waals surface area contributed by atoms with Crippen LogP contribution < -0.4 is 10.1 Å². The smallest absolute Gasteiger partial charge is 0.294 e. The Morgan fingerprint density at radius 1 is 1.14 bits per heavy atom. The lowest BCUT2D eigenvalue weighted by Gasteiger charge is -2.23. The molecule has 0 unspecified atom stereocenters. The third-order valence-corrected chi connectivity index (χ3v) is 7.86. The van der Waals surface area contributed by atoms with Gasteiger partial charge in [-0.15, -0.1) is 0 Å². The molecule has 3 aromatic rings. The van der Waals surface area contributed by atoms with E-state index in [1.807, 2.05) is 25.1 Å². The van der Waals surface area contributed by atoms with E-state index in [0.29, 0.717) is 6.54 Å². The topological polar surface area (TPSA) is 120 Å². The van der Waals surface area contributed by atoms with Gasteiger partial charge in [0.25, 0.3) is 10.1 Å². The Hall–Kier alpha value is -3.45. The van der Waals surface area contributed by atoms with Crippen LogP contribution >= 0.6 is 0 Å². The Labute approximate surface area is 217 Å². The molecule has 9 heteroatoms. The lowest BCUT2D eigenvalue weighted by atomic mass is 9.90. The zero-order chi connectivity index (χ0) is 26.6. The maximum atomic E-state index is 12.9. The number of benzene rings is 3. The molecule has 0 radical (unpaired) electrons. The molecule has 0 spiro atoms. The highest BCUT2D eigenvalue weighted by molar-refractivity contribution is 7.85. The first-order valence-electron chi connectivity index (χ1n) is 12.3. The van der Waals surface area contributed by atoms with Crippen molar-refractivity contribution in [1.82, 2.24) is 10.2 Å². The SMILES string of the molecule is COc1ccc2ccccc2c1[C@@H]1CN[C@H](C(=O)N2CCC[C@H]2C#N)C1.Cc1ccc(S(=O)(=O)O)cc1. The van der Waals surface area contributed by atoms with Gasteiger partial charge in [-0.25, -0.2) is 0 Å². The highest BCUT2D eigenvalue weighted by atomic mass is 32.2. The number of ether oxygens (including phenoxy) is 1. The van der Waals surface area contributed by atoms with E-state index in [4.69, 9.17) is 9.29 Å². The number of carbonyl (C=O) groups excluding carboxylic acids is 1. The normalized spacial score (nSPS) is 21.2. The molecule has 3 atom stereocenters. The van der Waals surface area contributed by atoms with E-state index in [1.165, 1.54) is 28.5 Å². The minimum absolute atomic E-state index is 0.0655. The first-order valence-corrected chi connectivity index (χ1v) is 13.7. The molecule has 3 aromatic carbocycles. The molecule has 194 valence electrons. The predicted molar refractivity (Wildman–Crippen MR) is 141 cm³/mol. The van der Waals surface area contributed by atoms with E-state index in [-0.39, 0.29) is 28.8 Å². The van der Waals surface area contributed by atoms with Gasteiger partial charge in [0.15, 0.2) is 0 Å². The number of nitrogens with zero attached hydrogens (tertiary/aromatic N) is 2. The lowest BCUT2D eigenvalue weighted by molar-refractivity contribution is -0.133. The Morgan fingerprint density at radius 2 is 1.86 bits per heavy atom. The maximum Gasteiger partial charge on any atom is 0.294 e. The largest absolute Gasteiger partial charge is 0.496 e. The van der Waals surface area contributed by atoms with Crippen molar-refractivity contribution in [2.75, 3.05) is 20.2 Å². The van der Waals surface area contributed by atoms with Crippen LogP contribution in [-0.4, -0.2) is 56.1 Å². The monoisotopic (exact) mass is 521 g/mol. The van der Waals surface area contributed by atoms with Gasteiger partial charge in [-0.3, -0.25) is 9.35 Å². The average molecular weight is 522 g/mol. The summed E-state index contributed by atoms with van der Waals surface area (Å²) in [7, 11) is -2.32. The summed E-state index contributed by atoms with van der Waals surface area (Å²) in [6.45, 7) is 3.27. The summed E-state index contributed by atoms with van der Waals surface area (Å²) in [5.74, 6) is 1.16. The van der Waals surface area contributed by atoms with Crippen LogP contribution in [0.2, 0.25) is 0 Å². The Kier molecular flexibility index (Phi) is 8.13. The zero-order valence-electron chi connectivity index (χ0n) is 20.9. The number of rotatable bonds is 4. The fourth-order valence-corrected chi connectivity index (χ4v) is 5.57. The highest BCUT2D eigenvalue weighted by Crippen LogP contribution is 2.38. The number of hydrogen-bond acceptors (Lipinski definition) is 6. The summed E-state index contributed by atoms with van der Waals surface area (Å²) in [6.07, 6.45) is 2.44. The number of carbonyl (C=O) groups is 1. The summed E-state index contributed by atoms with van der Waals surface area (Å²) >= 11 is 0. The number of nitriles is 1. The molecule has 0 saturated carbocycles. The number of amides is 1. The van der Waals surface area contributed by atoms with Crippen LogP contribution in [0.25, 0.3) is 10.8 Å². The van der Waals surface area contributed by atoms with Crippen LogP contribution in [0.4, 0.5) is 0 Å². The molecule has 37 heavy (non-hydrogen) atoms. The van der Waals surface area contributed by atoms with Crippen molar-refractivity contribution < 1.29 is 22.5 Å². The molecule has 1 amide bonds. The standard InChI is InChI=1S/C21H23N3O2.C7H8O3S/c1-26-19-9-8-14-5-2-3-7-17(14)20(19)15-11-18(23-13-15)21(25)24-10-4-6-16(24)12-22;1-6-2-4-7(5-3-6)11(8,9)10/h2-3,5,7-9,15-16,18,23H,4,6,10-11,13H2,1H3;2-5H,1H3,(H,8,9,10)/t15-,16-,18-;/m0./s1. The molecule has 2 saturated heterocycles. The number of likely N-dealkylation sites (tertiary alicyclic amines) is 1. The summed E-state index contributed by atoms with van der Waals surface area (Å²) in [5.41, 5.74) is 2.13. The first-order chi connectivity index (χ1) is 17.7. The Bertz CT molecular complexity index is 1420. The summed E-state index contributed by atoms with van der Waals surface area (Å²) in [5, 5.41) is 15.0. The second-order valence-electron chi connectivity index (χ2n) is 9.40. The van der Waals surface area contributed by atoms with E-state index in [1.54, 1.807) is 24.1 Å². The van der Waals surface area contributed by atoms with Gasteiger partial charge in [0.05, 0.1) is 24.1 Å². The van der Waals surface area contributed by atoms with Gasteiger partial charge in [0, 0.05) is 24.6 Å². The summed E-state index contributed by atoms with van der Waals surface area (Å²) < 4.78 is 35.2. The van der Waals surface area contributed by atoms with Crippen LogP contribution in [0.3, 0.4) is 0 Å². The van der Waals surface area contributed by atoms with Crippen molar-refractivity contribution in [3.63, 3.8) is 0 Å². The average Bonchev–Trinajstić information content (AvgIpc) is 3.58. The summed E-state index contributed by atoms with van der Waals surface area (Å²) in [6, 6.07) is 20.1. The van der Waals surface area contributed by atoms with Gasteiger partial charge < -0.3 is 15.0 Å². The van der Waals surface area contributed by atoms with Crippen LogP contribution in [0.5, 0.6) is 5.75 Å². The van der Waals surface area contributed by atoms with Crippen LogP contribution in [0.1, 0.15) is 36.3 Å². The van der Waals surface area contributed by atoms with Crippen molar-refractivity contribution in [2.24, 2.45) is 0 Å². The summed E-state index contributed by atoms with van der Waals surface area (Å²) in [4.78, 5) is 14.6. The van der Waals surface area contributed by atoms with E-state index in [9.17, 15) is 18.5 Å². The number of nitrogens with one attached hydrogen (secondary N) is 1. The van der Waals surface area contributed by atoms with E-state index < -0.39 is 10.1 Å². The fraction of sp³-hybridized carbons (Fsp3) is 0.357. The van der Waals surface area contributed by atoms with Crippen LogP contribution in [0, 0.1) is 18.3 Å². The van der Waals surface area contributed by atoms with Gasteiger partial charge in [-0.2, -0.15) is 13.7 Å². The third kappa shape index (κ3) is 5.93. The molecule has 2 aliphatic rings. The number of aryl methyl sites for hydroxylation is 1. The molecule has 0 aromatic heterocycles. The van der Waals surface area contributed by atoms with E-state index in [2.05, 4.69) is 29.6 Å². The molecular formula is C28H31N3O5S. The first kappa shape index (κ1) is 26.6. The molecular weight excluding hydrogens is 490 g/mol. The molecule has 2 aliphatic heterocycles. The molecule has 8 nitrogen and oxygen atoms in total. The van der Waals surface area contributed by atoms with Crippen molar-refractivity contribution in [3.05, 3.63) is 71.8 Å². The van der Waals surface area contributed by atoms with Gasteiger partial charge in [0.2, 0.25) is 5.91 Å². The van der Waals surface area contributed by atoms with Gasteiger partial charge in [-0.05, 0) is 55.2 Å². The predicted octanol–water partition coefficient (Wildman–Crippen LogP) is 4.05. The minimum atomic E-state index is -4.02. The molecule has 0 aliphatic carbocycles. The van der Waals surface area contributed by atoms with Crippen molar-refractivity contribution in [3.8, 4) is 11.8 Å². The second-order valence-corrected chi connectivity index (χ2v) is 10.8. The lowest BCUT2D eigenvalue weighted by Crippen LogP contribution is -2.45. The Morgan fingerprint density at radius 3 is 2.54 bits per heavy atom. The van der Waals surface area contributed by atoms with Gasteiger partial charge in [0.1, 0.15) is 11.8 Å². The van der Waals surface area contributed by atoms with E-state index >= 15 is 0 Å². The number of fused-ring (bicyclic) bond motifs is 1. The van der Waals surface area contributed by atoms with E-state index in [0.717, 1.165) is 37.1 Å². The second kappa shape index (κ2) is 11.3. The maximum absolute atomic E-state index is 12.9. The number of hydrogen-bond donors (Lipinski definition) is 2. The molecule has 2 fully saturated rings. The molecule has 0 bridgehead atoms. The highest BCUT2D eigenvalue weighted by Gasteiger charge is 2.38. The van der Waals surface area contributed by atoms with Crippen LogP contribution in [0.15, 0.2) is 65.6 Å². The fourth-order valence-electron chi connectivity index (χ4n) is 5.09.